The van der Waals surface area contributed by atoms with Crippen LogP contribution in [0.1, 0.15) is 30.6 Å². The van der Waals surface area contributed by atoms with Crippen LogP contribution in [0, 0.1) is 0 Å². The number of rotatable bonds is 6. The van der Waals surface area contributed by atoms with E-state index in [1.807, 2.05) is 24.3 Å². The fourth-order valence-electron chi connectivity index (χ4n) is 1.61. The second-order valence-corrected chi connectivity index (χ2v) is 4.08. The summed E-state index contributed by atoms with van der Waals surface area (Å²) in [5.74, 6) is 1.16. The van der Waals surface area contributed by atoms with Crippen molar-refractivity contribution in [3.8, 4) is 0 Å². The standard InChI is InChI=1S/C13H17N3O2/c1-2-6-17-9-12-15-13(18-16-12)8-10-4-3-5-11(14)7-10/h3-5,7H,2,6,8-9,14H2,1H3. The smallest absolute Gasteiger partial charge is 0.231 e. The van der Waals surface area contributed by atoms with Gasteiger partial charge in [-0.1, -0.05) is 24.2 Å². The van der Waals surface area contributed by atoms with E-state index in [2.05, 4.69) is 17.1 Å². The lowest BCUT2D eigenvalue weighted by atomic mass is 10.1. The lowest BCUT2D eigenvalue weighted by Gasteiger charge is -1.98. The maximum absolute atomic E-state index is 5.71. The lowest BCUT2D eigenvalue weighted by molar-refractivity contribution is 0.114. The average molecular weight is 247 g/mol. The first-order chi connectivity index (χ1) is 8.78. The van der Waals surface area contributed by atoms with Gasteiger partial charge in [-0.05, 0) is 24.1 Å². The van der Waals surface area contributed by atoms with Gasteiger partial charge < -0.3 is 15.0 Å². The number of ether oxygens (including phenoxy) is 1. The first-order valence-electron chi connectivity index (χ1n) is 6.01. The number of nitrogen functional groups attached to an aromatic ring is 1. The highest BCUT2D eigenvalue weighted by atomic mass is 16.5. The van der Waals surface area contributed by atoms with E-state index in [-0.39, 0.29) is 0 Å². The van der Waals surface area contributed by atoms with E-state index >= 15 is 0 Å². The van der Waals surface area contributed by atoms with Crippen molar-refractivity contribution in [2.45, 2.75) is 26.4 Å². The summed E-state index contributed by atoms with van der Waals surface area (Å²) in [4.78, 5) is 4.26. The molecule has 1 heterocycles. The summed E-state index contributed by atoms with van der Waals surface area (Å²) >= 11 is 0. The van der Waals surface area contributed by atoms with E-state index in [4.69, 9.17) is 15.0 Å². The third-order valence-corrected chi connectivity index (χ3v) is 2.40. The summed E-state index contributed by atoms with van der Waals surface area (Å²) in [6.07, 6.45) is 1.57. The Bertz CT molecular complexity index is 496. The van der Waals surface area contributed by atoms with Crippen molar-refractivity contribution < 1.29 is 9.26 Å². The predicted octanol–water partition coefficient (Wildman–Crippen LogP) is 2.17. The van der Waals surface area contributed by atoms with E-state index in [1.165, 1.54) is 0 Å². The van der Waals surface area contributed by atoms with Gasteiger partial charge in [-0.2, -0.15) is 4.98 Å². The Labute approximate surface area is 106 Å². The molecule has 0 saturated heterocycles. The molecule has 0 aliphatic heterocycles. The molecular formula is C13H17N3O2. The SMILES string of the molecule is CCCOCc1noc(Cc2cccc(N)c2)n1. The van der Waals surface area contributed by atoms with Crippen molar-refractivity contribution in [2.24, 2.45) is 0 Å². The summed E-state index contributed by atoms with van der Waals surface area (Å²) in [5.41, 5.74) is 7.50. The summed E-state index contributed by atoms with van der Waals surface area (Å²) in [5, 5.41) is 3.86. The zero-order chi connectivity index (χ0) is 12.8. The fraction of sp³-hybridized carbons (Fsp3) is 0.385. The molecule has 0 saturated carbocycles. The molecule has 0 aliphatic carbocycles. The fourth-order valence-corrected chi connectivity index (χ4v) is 1.61. The highest BCUT2D eigenvalue weighted by Gasteiger charge is 2.07. The normalized spacial score (nSPS) is 10.7. The zero-order valence-corrected chi connectivity index (χ0v) is 10.4. The number of hydrogen-bond donors (Lipinski definition) is 1. The number of benzene rings is 1. The minimum Gasteiger partial charge on any atom is -0.399 e. The summed E-state index contributed by atoms with van der Waals surface area (Å²) in [6.45, 7) is 3.16. The van der Waals surface area contributed by atoms with Gasteiger partial charge in [0.15, 0.2) is 5.82 Å². The van der Waals surface area contributed by atoms with Crippen LogP contribution in [0.25, 0.3) is 0 Å². The van der Waals surface area contributed by atoms with Crippen molar-refractivity contribution in [1.82, 2.24) is 10.1 Å². The summed E-state index contributed by atoms with van der Waals surface area (Å²) in [6, 6.07) is 7.64. The molecule has 2 aromatic rings. The molecule has 0 spiro atoms. The van der Waals surface area contributed by atoms with Crippen LogP contribution >= 0.6 is 0 Å². The quantitative estimate of drug-likeness (QED) is 0.625. The Morgan fingerprint density at radius 1 is 1.39 bits per heavy atom. The van der Waals surface area contributed by atoms with Crippen molar-refractivity contribution in [3.63, 3.8) is 0 Å². The van der Waals surface area contributed by atoms with Gasteiger partial charge in [0.05, 0.1) is 6.42 Å². The van der Waals surface area contributed by atoms with Crippen molar-refractivity contribution in [3.05, 3.63) is 41.5 Å². The van der Waals surface area contributed by atoms with Gasteiger partial charge in [0.2, 0.25) is 5.89 Å². The molecule has 2 rings (SSSR count). The number of anilines is 1. The van der Waals surface area contributed by atoms with Crippen LogP contribution in [0.2, 0.25) is 0 Å². The molecule has 0 bridgehead atoms. The first kappa shape index (κ1) is 12.6. The Morgan fingerprint density at radius 3 is 3.06 bits per heavy atom. The lowest BCUT2D eigenvalue weighted by Crippen LogP contribution is -1.96. The molecule has 0 amide bonds. The van der Waals surface area contributed by atoms with Crippen LogP contribution < -0.4 is 5.73 Å². The summed E-state index contributed by atoms with van der Waals surface area (Å²) < 4.78 is 10.5. The Morgan fingerprint density at radius 2 is 2.28 bits per heavy atom. The molecule has 0 radical (unpaired) electrons. The van der Waals surface area contributed by atoms with E-state index in [0.29, 0.717) is 31.3 Å². The average Bonchev–Trinajstić information content (AvgIpc) is 2.77. The Balaban J connectivity index is 1.94. The minimum absolute atomic E-state index is 0.397. The van der Waals surface area contributed by atoms with Gasteiger partial charge in [-0.25, -0.2) is 0 Å². The Kier molecular flexibility index (Phi) is 4.30. The van der Waals surface area contributed by atoms with Crippen LogP contribution in [0.4, 0.5) is 5.69 Å². The molecule has 0 aliphatic rings. The topological polar surface area (TPSA) is 74.2 Å². The van der Waals surface area contributed by atoms with Crippen molar-refractivity contribution in [1.29, 1.82) is 0 Å². The third kappa shape index (κ3) is 3.56. The third-order valence-electron chi connectivity index (χ3n) is 2.40. The van der Waals surface area contributed by atoms with E-state index in [9.17, 15) is 0 Å². The van der Waals surface area contributed by atoms with Crippen LogP contribution in [-0.2, 0) is 17.8 Å². The maximum atomic E-state index is 5.71. The second-order valence-electron chi connectivity index (χ2n) is 4.08. The molecule has 1 aromatic heterocycles. The number of nitrogens with two attached hydrogens (primary N) is 1. The molecule has 0 unspecified atom stereocenters. The molecule has 2 N–H and O–H groups in total. The molecule has 5 nitrogen and oxygen atoms in total. The van der Waals surface area contributed by atoms with Crippen molar-refractivity contribution in [2.75, 3.05) is 12.3 Å². The largest absolute Gasteiger partial charge is 0.399 e. The van der Waals surface area contributed by atoms with Crippen LogP contribution in [0.3, 0.4) is 0 Å². The van der Waals surface area contributed by atoms with E-state index in [1.54, 1.807) is 0 Å². The number of hydrogen-bond acceptors (Lipinski definition) is 5. The number of nitrogens with zero attached hydrogens (tertiary/aromatic N) is 2. The highest BCUT2D eigenvalue weighted by molar-refractivity contribution is 5.41. The zero-order valence-electron chi connectivity index (χ0n) is 10.4. The predicted molar refractivity (Wildman–Crippen MR) is 67.9 cm³/mol. The highest BCUT2D eigenvalue weighted by Crippen LogP contribution is 2.11. The van der Waals surface area contributed by atoms with Gasteiger partial charge in [0.25, 0.3) is 0 Å². The van der Waals surface area contributed by atoms with Gasteiger partial charge in [0, 0.05) is 12.3 Å². The molecule has 0 fully saturated rings. The van der Waals surface area contributed by atoms with Gasteiger partial charge in [-0.3, -0.25) is 0 Å². The molecule has 1 aromatic carbocycles. The number of aromatic nitrogens is 2. The molecule has 0 atom stereocenters. The van der Waals surface area contributed by atoms with Crippen LogP contribution in [-0.4, -0.2) is 16.7 Å². The van der Waals surface area contributed by atoms with Gasteiger partial charge >= 0.3 is 0 Å². The molecule has 18 heavy (non-hydrogen) atoms. The maximum Gasteiger partial charge on any atom is 0.231 e. The molecular weight excluding hydrogens is 230 g/mol. The summed E-state index contributed by atoms with van der Waals surface area (Å²) in [7, 11) is 0. The van der Waals surface area contributed by atoms with Gasteiger partial charge in [-0.15, -0.1) is 0 Å². The van der Waals surface area contributed by atoms with Crippen LogP contribution in [0.15, 0.2) is 28.8 Å². The van der Waals surface area contributed by atoms with Crippen LogP contribution in [0.5, 0.6) is 0 Å². The van der Waals surface area contributed by atoms with Gasteiger partial charge in [0.1, 0.15) is 6.61 Å². The Hall–Kier alpha value is -1.88. The minimum atomic E-state index is 0.397. The van der Waals surface area contributed by atoms with E-state index in [0.717, 1.165) is 17.7 Å². The second kappa shape index (κ2) is 6.16. The van der Waals surface area contributed by atoms with Crippen molar-refractivity contribution >= 4 is 5.69 Å². The van der Waals surface area contributed by atoms with E-state index < -0.39 is 0 Å². The first-order valence-corrected chi connectivity index (χ1v) is 6.01. The molecule has 96 valence electrons. The molecule has 5 heteroatoms. The monoisotopic (exact) mass is 247 g/mol.